The van der Waals surface area contributed by atoms with E-state index in [1.165, 1.54) is 6.07 Å². The summed E-state index contributed by atoms with van der Waals surface area (Å²) in [4.78, 5) is 12.2. The van der Waals surface area contributed by atoms with Gasteiger partial charge in [-0.2, -0.15) is 0 Å². The van der Waals surface area contributed by atoms with Crippen molar-refractivity contribution in [2.24, 2.45) is 0 Å². The van der Waals surface area contributed by atoms with Crippen molar-refractivity contribution < 1.29 is 32.9 Å². The van der Waals surface area contributed by atoms with Crippen molar-refractivity contribution in [2.75, 3.05) is 19.0 Å². The number of carbonyl (C=O) groups is 1. The lowest BCUT2D eigenvalue weighted by Crippen LogP contribution is -2.21. The topological polar surface area (TPSA) is 70.0 Å². The number of carboxylic acid groups (broad SMARTS) is 1. The van der Waals surface area contributed by atoms with Crippen molar-refractivity contribution in [1.29, 1.82) is 0 Å². The van der Waals surface area contributed by atoms with Gasteiger partial charge < -0.3 is 19.8 Å². The van der Waals surface area contributed by atoms with Gasteiger partial charge in [0.25, 0.3) is 0 Å². The molecule has 1 aromatic carbocycles. The lowest BCUT2D eigenvalue weighted by atomic mass is 10.1. The van der Waals surface area contributed by atoms with Crippen LogP contribution in [0.25, 0.3) is 0 Å². The standard InChI is InChI=1S/C11H12F3NO4/c1-15(2)6-3-4-8(19-11(12,13)14)7(5-6)9(16)10(17)18/h3-5,9,16H,1-2H3,(H,17,18). The number of ether oxygens (including phenoxy) is 1. The number of carboxylic acids is 1. The van der Waals surface area contributed by atoms with Crippen LogP contribution in [-0.4, -0.2) is 36.6 Å². The SMILES string of the molecule is CN(C)c1ccc(OC(F)(F)F)c(C(O)C(=O)O)c1. The molecule has 0 fully saturated rings. The predicted octanol–water partition coefficient (Wildman–Crippen LogP) is 1.77. The highest BCUT2D eigenvalue weighted by Crippen LogP contribution is 2.33. The van der Waals surface area contributed by atoms with Crippen LogP contribution in [0, 0.1) is 0 Å². The highest BCUT2D eigenvalue weighted by molar-refractivity contribution is 5.76. The van der Waals surface area contributed by atoms with E-state index >= 15 is 0 Å². The maximum absolute atomic E-state index is 12.2. The number of aliphatic carboxylic acids is 1. The number of halogens is 3. The molecule has 5 nitrogen and oxygen atoms in total. The van der Waals surface area contributed by atoms with E-state index in [0.29, 0.717) is 5.69 Å². The minimum Gasteiger partial charge on any atom is -0.479 e. The molecule has 19 heavy (non-hydrogen) atoms. The number of hydrogen-bond acceptors (Lipinski definition) is 4. The van der Waals surface area contributed by atoms with Gasteiger partial charge in [0.05, 0.1) is 0 Å². The fraction of sp³-hybridized carbons (Fsp3) is 0.364. The molecule has 0 heterocycles. The van der Waals surface area contributed by atoms with E-state index in [-0.39, 0.29) is 0 Å². The van der Waals surface area contributed by atoms with Gasteiger partial charge in [-0.1, -0.05) is 0 Å². The Bertz CT molecular complexity index is 473. The van der Waals surface area contributed by atoms with Crippen LogP contribution in [0.2, 0.25) is 0 Å². The summed E-state index contributed by atoms with van der Waals surface area (Å²) in [5, 5.41) is 18.1. The second-order valence-corrected chi connectivity index (χ2v) is 3.91. The monoisotopic (exact) mass is 279 g/mol. The normalized spacial score (nSPS) is 12.9. The molecule has 0 bridgehead atoms. The quantitative estimate of drug-likeness (QED) is 0.879. The molecule has 8 heteroatoms. The summed E-state index contributed by atoms with van der Waals surface area (Å²) < 4.78 is 40.2. The zero-order valence-corrected chi connectivity index (χ0v) is 10.1. The number of benzene rings is 1. The van der Waals surface area contributed by atoms with Crippen molar-refractivity contribution in [3.05, 3.63) is 23.8 Å². The van der Waals surface area contributed by atoms with Gasteiger partial charge in [-0.3, -0.25) is 0 Å². The van der Waals surface area contributed by atoms with Gasteiger partial charge in [-0.15, -0.1) is 13.2 Å². The fourth-order valence-electron chi connectivity index (χ4n) is 1.38. The van der Waals surface area contributed by atoms with Gasteiger partial charge in [0.2, 0.25) is 0 Å². The number of rotatable bonds is 4. The summed E-state index contributed by atoms with van der Waals surface area (Å²) in [7, 11) is 3.24. The number of aliphatic hydroxyl groups excluding tert-OH is 1. The summed E-state index contributed by atoms with van der Waals surface area (Å²) >= 11 is 0. The van der Waals surface area contributed by atoms with Gasteiger partial charge in [0.15, 0.2) is 6.10 Å². The molecule has 0 amide bonds. The van der Waals surface area contributed by atoms with E-state index in [4.69, 9.17) is 5.11 Å². The largest absolute Gasteiger partial charge is 0.573 e. The van der Waals surface area contributed by atoms with E-state index < -0.39 is 29.7 Å². The van der Waals surface area contributed by atoms with Crippen molar-refractivity contribution in [3.63, 3.8) is 0 Å². The highest BCUT2D eigenvalue weighted by atomic mass is 19.4. The molecule has 1 unspecified atom stereocenters. The first-order chi connectivity index (χ1) is 8.61. The van der Waals surface area contributed by atoms with Gasteiger partial charge in [0, 0.05) is 25.3 Å². The van der Waals surface area contributed by atoms with Crippen LogP contribution >= 0.6 is 0 Å². The van der Waals surface area contributed by atoms with Gasteiger partial charge >= 0.3 is 12.3 Å². The van der Waals surface area contributed by atoms with Gasteiger partial charge in [-0.05, 0) is 18.2 Å². The third-order valence-electron chi connectivity index (χ3n) is 2.26. The molecule has 0 spiro atoms. The summed E-state index contributed by atoms with van der Waals surface area (Å²) in [6.07, 6.45) is -7.07. The molecule has 0 aliphatic rings. The van der Waals surface area contributed by atoms with Crippen LogP contribution in [0.4, 0.5) is 18.9 Å². The Labute approximate surface area is 106 Å². The lowest BCUT2D eigenvalue weighted by Gasteiger charge is -2.19. The lowest BCUT2D eigenvalue weighted by molar-refractivity contribution is -0.275. The Morgan fingerprint density at radius 3 is 2.37 bits per heavy atom. The molecule has 0 aromatic heterocycles. The molecule has 1 aromatic rings. The second-order valence-electron chi connectivity index (χ2n) is 3.91. The summed E-state index contributed by atoms with van der Waals surface area (Å²) in [5.74, 6) is -2.41. The molecular formula is C11H12F3NO4. The summed E-state index contributed by atoms with van der Waals surface area (Å²) in [5.41, 5.74) is -0.0270. The van der Waals surface area contributed by atoms with E-state index in [1.807, 2.05) is 0 Å². The average molecular weight is 279 g/mol. The van der Waals surface area contributed by atoms with E-state index in [2.05, 4.69) is 4.74 Å². The minimum atomic E-state index is -4.97. The Kier molecular flexibility index (Phi) is 4.25. The number of alkyl halides is 3. The van der Waals surface area contributed by atoms with Crippen LogP contribution in [0.5, 0.6) is 5.75 Å². The molecule has 0 radical (unpaired) electrons. The Balaban J connectivity index is 3.26. The van der Waals surface area contributed by atoms with Crippen LogP contribution in [0.3, 0.4) is 0 Å². The summed E-state index contributed by atoms with van der Waals surface area (Å²) in [6.45, 7) is 0. The number of hydrogen-bond donors (Lipinski definition) is 2. The van der Waals surface area contributed by atoms with Crippen LogP contribution in [-0.2, 0) is 4.79 Å². The molecular weight excluding hydrogens is 267 g/mol. The van der Waals surface area contributed by atoms with Crippen molar-refractivity contribution in [2.45, 2.75) is 12.5 Å². The first kappa shape index (κ1) is 15.1. The average Bonchev–Trinajstić information content (AvgIpc) is 2.26. The van der Waals surface area contributed by atoms with Crippen molar-refractivity contribution >= 4 is 11.7 Å². The van der Waals surface area contributed by atoms with E-state index in [9.17, 15) is 23.1 Å². The van der Waals surface area contributed by atoms with Crippen molar-refractivity contribution in [1.82, 2.24) is 0 Å². The smallest absolute Gasteiger partial charge is 0.479 e. The van der Waals surface area contributed by atoms with Crippen LogP contribution < -0.4 is 9.64 Å². The maximum Gasteiger partial charge on any atom is 0.573 e. The minimum absolute atomic E-state index is 0.435. The van der Waals surface area contributed by atoms with Crippen LogP contribution in [0.15, 0.2) is 18.2 Å². The Morgan fingerprint density at radius 2 is 1.95 bits per heavy atom. The first-order valence-corrected chi connectivity index (χ1v) is 5.09. The molecule has 1 atom stereocenters. The fourth-order valence-corrected chi connectivity index (χ4v) is 1.38. The first-order valence-electron chi connectivity index (χ1n) is 5.09. The van der Waals surface area contributed by atoms with Crippen LogP contribution in [0.1, 0.15) is 11.7 Å². The van der Waals surface area contributed by atoms with E-state index in [1.54, 1.807) is 19.0 Å². The Hall–Kier alpha value is -1.96. The molecule has 0 saturated heterocycles. The third kappa shape index (κ3) is 4.02. The third-order valence-corrected chi connectivity index (χ3v) is 2.26. The number of anilines is 1. The number of aliphatic hydroxyl groups is 1. The molecule has 2 N–H and O–H groups in total. The molecule has 106 valence electrons. The predicted molar refractivity (Wildman–Crippen MR) is 60.0 cm³/mol. The van der Waals surface area contributed by atoms with Gasteiger partial charge in [0.1, 0.15) is 5.75 Å². The maximum atomic E-state index is 12.2. The summed E-state index contributed by atoms with van der Waals surface area (Å²) in [6, 6.07) is 3.41. The molecule has 0 aliphatic carbocycles. The van der Waals surface area contributed by atoms with Crippen molar-refractivity contribution in [3.8, 4) is 5.75 Å². The highest BCUT2D eigenvalue weighted by Gasteiger charge is 2.34. The Morgan fingerprint density at radius 1 is 1.37 bits per heavy atom. The zero-order chi connectivity index (χ0) is 14.8. The van der Waals surface area contributed by atoms with E-state index in [0.717, 1.165) is 12.1 Å². The molecule has 1 rings (SSSR count). The molecule has 0 aliphatic heterocycles. The zero-order valence-electron chi connectivity index (χ0n) is 10.1. The number of nitrogens with zero attached hydrogens (tertiary/aromatic N) is 1. The van der Waals surface area contributed by atoms with Gasteiger partial charge in [-0.25, -0.2) is 4.79 Å². The second kappa shape index (κ2) is 5.35. The molecule has 0 saturated carbocycles.